The van der Waals surface area contributed by atoms with Crippen molar-refractivity contribution in [3.8, 4) is 0 Å². The fraction of sp³-hybridized carbons (Fsp3) is 0.933. The number of hydrogen-bond donors (Lipinski definition) is 2. The molecular formula is C15H33N3O2S. The second kappa shape index (κ2) is 9.28. The highest BCUT2D eigenvalue weighted by atomic mass is 32.2. The maximum atomic E-state index is 11.2. The monoisotopic (exact) mass is 319 g/mol. The van der Waals surface area contributed by atoms with Gasteiger partial charge in [0.15, 0.2) is 5.96 Å². The standard InChI is InChI=1S/C15H33N3O2S/c1-13(2)8-7-10-17-14(16-5)18-12-15(3,4)9-11-21(6,19)20/h13H,7-12H2,1-6H3,(H2,16,17,18). The summed E-state index contributed by atoms with van der Waals surface area (Å²) in [4.78, 5) is 4.19. The third kappa shape index (κ3) is 12.7. The minimum absolute atomic E-state index is 0.0847. The van der Waals surface area contributed by atoms with Crippen molar-refractivity contribution in [2.24, 2.45) is 16.3 Å². The molecule has 0 saturated carbocycles. The molecule has 0 rings (SSSR count). The first kappa shape index (κ1) is 20.2. The first-order valence-electron chi connectivity index (χ1n) is 7.68. The van der Waals surface area contributed by atoms with Crippen molar-refractivity contribution < 1.29 is 8.42 Å². The third-order valence-corrected chi connectivity index (χ3v) is 4.30. The molecule has 0 saturated heterocycles. The van der Waals surface area contributed by atoms with E-state index in [1.807, 2.05) is 0 Å². The average molecular weight is 320 g/mol. The number of guanidine groups is 1. The molecule has 126 valence electrons. The van der Waals surface area contributed by atoms with Crippen LogP contribution in [0.3, 0.4) is 0 Å². The SMILES string of the molecule is CN=C(NCCCC(C)C)NCC(C)(C)CCS(C)(=O)=O. The Morgan fingerprint density at radius 1 is 1.24 bits per heavy atom. The molecule has 6 heteroatoms. The Labute approximate surface area is 130 Å². The van der Waals surface area contributed by atoms with Gasteiger partial charge < -0.3 is 10.6 Å². The first-order valence-corrected chi connectivity index (χ1v) is 9.74. The van der Waals surface area contributed by atoms with Crippen molar-refractivity contribution in [1.29, 1.82) is 0 Å². The topological polar surface area (TPSA) is 70.6 Å². The van der Waals surface area contributed by atoms with Gasteiger partial charge in [-0.15, -0.1) is 0 Å². The van der Waals surface area contributed by atoms with Crippen LogP contribution in [-0.4, -0.2) is 46.5 Å². The van der Waals surface area contributed by atoms with E-state index >= 15 is 0 Å². The lowest BCUT2D eigenvalue weighted by atomic mass is 9.90. The molecule has 0 amide bonds. The molecule has 0 spiro atoms. The van der Waals surface area contributed by atoms with Crippen molar-refractivity contribution in [1.82, 2.24) is 10.6 Å². The van der Waals surface area contributed by atoms with E-state index in [4.69, 9.17) is 0 Å². The molecule has 0 aliphatic carbocycles. The number of rotatable bonds is 9. The number of nitrogens with one attached hydrogen (secondary N) is 2. The predicted octanol–water partition coefficient (Wildman–Crippen LogP) is 2.05. The zero-order valence-corrected chi connectivity index (χ0v) is 15.3. The lowest BCUT2D eigenvalue weighted by Crippen LogP contribution is -2.42. The van der Waals surface area contributed by atoms with Crippen LogP contribution in [0, 0.1) is 11.3 Å². The van der Waals surface area contributed by atoms with Gasteiger partial charge in [-0.25, -0.2) is 8.42 Å². The molecule has 21 heavy (non-hydrogen) atoms. The quantitative estimate of drug-likeness (QED) is 0.388. The fourth-order valence-corrected chi connectivity index (χ4v) is 2.73. The van der Waals surface area contributed by atoms with E-state index in [0.717, 1.165) is 24.8 Å². The van der Waals surface area contributed by atoms with Gasteiger partial charge in [0.2, 0.25) is 0 Å². The van der Waals surface area contributed by atoms with Gasteiger partial charge in [0.25, 0.3) is 0 Å². The highest BCUT2D eigenvalue weighted by molar-refractivity contribution is 7.90. The Balaban J connectivity index is 4.09. The van der Waals surface area contributed by atoms with E-state index in [0.29, 0.717) is 13.0 Å². The zero-order chi connectivity index (χ0) is 16.5. The van der Waals surface area contributed by atoms with Gasteiger partial charge in [-0.2, -0.15) is 0 Å². The molecule has 0 atom stereocenters. The maximum Gasteiger partial charge on any atom is 0.190 e. The second-order valence-electron chi connectivity index (χ2n) is 6.93. The lowest BCUT2D eigenvalue weighted by molar-refractivity contribution is 0.348. The molecule has 0 aromatic rings. The molecule has 5 nitrogen and oxygen atoms in total. The number of hydrogen-bond acceptors (Lipinski definition) is 3. The van der Waals surface area contributed by atoms with Gasteiger partial charge in [-0.3, -0.25) is 4.99 Å². The second-order valence-corrected chi connectivity index (χ2v) is 9.19. The van der Waals surface area contributed by atoms with Crippen LogP contribution < -0.4 is 10.6 Å². The van der Waals surface area contributed by atoms with Gasteiger partial charge in [0.05, 0.1) is 5.75 Å². The van der Waals surface area contributed by atoms with Crippen LogP contribution in [0.25, 0.3) is 0 Å². The van der Waals surface area contributed by atoms with Gasteiger partial charge in [0, 0.05) is 26.4 Å². The number of aliphatic imine (C=N–C) groups is 1. The third-order valence-electron chi connectivity index (χ3n) is 3.36. The van der Waals surface area contributed by atoms with Crippen LogP contribution in [0.4, 0.5) is 0 Å². The summed E-state index contributed by atoms with van der Waals surface area (Å²) in [7, 11) is -1.15. The smallest absolute Gasteiger partial charge is 0.190 e. The Morgan fingerprint density at radius 3 is 2.33 bits per heavy atom. The lowest BCUT2D eigenvalue weighted by Gasteiger charge is -2.25. The summed E-state index contributed by atoms with van der Waals surface area (Å²) < 4.78 is 22.5. The summed E-state index contributed by atoms with van der Waals surface area (Å²) in [6, 6.07) is 0. The Bertz CT molecular complexity index is 415. The van der Waals surface area contributed by atoms with Gasteiger partial charge in [-0.1, -0.05) is 27.7 Å². The highest BCUT2D eigenvalue weighted by Gasteiger charge is 2.20. The van der Waals surface area contributed by atoms with Crippen LogP contribution in [0.2, 0.25) is 0 Å². The summed E-state index contributed by atoms with van der Waals surface area (Å²) in [5.74, 6) is 1.73. The molecule has 0 aromatic heterocycles. The van der Waals surface area contributed by atoms with Crippen molar-refractivity contribution in [2.75, 3.05) is 32.1 Å². The minimum Gasteiger partial charge on any atom is -0.356 e. The van der Waals surface area contributed by atoms with E-state index in [1.54, 1.807) is 7.05 Å². The van der Waals surface area contributed by atoms with Crippen molar-refractivity contribution >= 4 is 15.8 Å². The van der Waals surface area contributed by atoms with E-state index in [2.05, 4.69) is 43.3 Å². The molecule has 0 radical (unpaired) electrons. The summed E-state index contributed by atoms with van der Waals surface area (Å²) in [6.07, 6.45) is 4.24. The van der Waals surface area contributed by atoms with Crippen molar-refractivity contribution in [3.05, 3.63) is 0 Å². The van der Waals surface area contributed by atoms with Crippen LogP contribution >= 0.6 is 0 Å². The number of sulfone groups is 1. The Kier molecular flexibility index (Phi) is 8.94. The largest absolute Gasteiger partial charge is 0.356 e. The Hall–Kier alpha value is -0.780. The summed E-state index contributed by atoms with van der Waals surface area (Å²) in [5.41, 5.74) is -0.0847. The maximum absolute atomic E-state index is 11.2. The molecule has 0 aliphatic rings. The normalized spacial score (nSPS) is 13.6. The molecule has 0 aromatic carbocycles. The van der Waals surface area contributed by atoms with E-state index in [-0.39, 0.29) is 11.2 Å². The van der Waals surface area contributed by atoms with Gasteiger partial charge >= 0.3 is 0 Å². The van der Waals surface area contributed by atoms with Crippen LogP contribution in [0.5, 0.6) is 0 Å². The molecule has 0 aliphatic heterocycles. The highest BCUT2D eigenvalue weighted by Crippen LogP contribution is 2.19. The van der Waals surface area contributed by atoms with Crippen molar-refractivity contribution in [3.63, 3.8) is 0 Å². The van der Waals surface area contributed by atoms with Crippen LogP contribution in [-0.2, 0) is 9.84 Å². The number of nitrogens with zero attached hydrogens (tertiary/aromatic N) is 1. The average Bonchev–Trinajstić information content (AvgIpc) is 2.35. The van der Waals surface area contributed by atoms with E-state index < -0.39 is 9.84 Å². The summed E-state index contributed by atoms with van der Waals surface area (Å²) in [5, 5.41) is 6.57. The molecule has 0 unspecified atom stereocenters. The van der Waals surface area contributed by atoms with Crippen LogP contribution in [0.1, 0.15) is 47.0 Å². The fourth-order valence-electron chi connectivity index (χ4n) is 1.81. The van der Waals surface area contributed by atoms with Gasteiger partial charge in [0.1, 0.15) is 9.84 Å². The molecular weight excluding hydrogens is 286 g/mol. The predicted molar refractivity (Wildman–Crippen MR) is 91.5 cm³/mol. The molecule has 0 bridgehead atoms. The molecule has 0 fully saturated rings. The van der Waals surface area contributed by atoms with Crippen LogP contribution in [0.15, 0.2) is 4.99 Å². The zero-order valence-electron chi connectivity index (χ0n) is 14.5. The van der Waals surface area contributed by atoms with Gasteiger partial charge in [-0.05, 0) is 30.6 Å². The first-order chi connectivity index (χ1) is 9.56. The molecule has 0 heterocycles. The molecule has 2 N–H and O–H groups in total. The Morgan fingerprint density at radius 2 is 1.86 bits per heavy atom. The van der Waals surface area contributed by atoms with E-state index in [9.17, 15) is 8.42 Å². The summed E-state index contributed by atoms with van der Waals surface area (Å²) >= 11 is 0. The van der Waals surface area contributed by atoms with E-state index in [1.165, 1.54) is 12.7 Å². The summed E-state index contributed by atoms with van der Waals surface area (Å²) in [6.45, 7) is 10.2. The minimum atomic E-state index is -2.90. The van der Waals surface area contributed by atoms with Crippen molar-refractivity contribution in [2.45, 2.75) is 47.0 Å².